The molecule has 1 aliphatic carbocycles. The number of hydrogen-bond donors (Lipinski definition) is 1. The summed E-state index contributed by atoms with van der Waals surface area (Å²) >= 11 is 0. The van der Waals surface area contributed by atoms with Crippen LogP contribution in [0.1, 0.15) is 24.6 Å². The molecule has 1 fully saturated rings. The van der Waals surface area contributed by atoms with Gasteiger partial charge in [-0.15, -0.1) is 0 Å². The van der Waals surface area contributed by atoms with Crippen molar-refractivity contribution in [3.63, 3.8) is 0 Å². The first-order chi connectivity index (χ1) is 6.48. The van der Waals surface area contributed by atoms with Crippen molar-refractivity contribution < 1.29 is 18.3 Å². The Morgan fingerprint density at radius 3 is 2.50 bits per heavy atom. The second-order valence-corrected chi connectivity index (χ2v) is 3.39. The molecule has 1 aromatic rings. The normalized spacial score (nSPS) is 27.4. The summed E-state index contributed by atoms with van der Waals surface area (Å²) < 4.78 is 37.6. The minimum atomic E-state index is -4.40. The van der Waals surface area contributed by atoms with Crippen LogP contribution in [-0.4, -0.2) is 21.0 Å². The summed E-state index contributed by atoms with van der Waals surface area (Å²) in [4.78, 5) is 0. The third kappa shape index (κ3) is 1.50. The monoisotopic (exact) mass is 206 g/mol. The van der Waals surface area contributed by atoms with Crippen molar-refractivity contribution in [2.75, 3.05) is 0 Å². The van der Waals surface area contributed by atoms with Crippen molar-refractivity contribution in [1.29, 1.82) is 0 Å². The summed E-state index contributed by atoms with van der Waals surface area (Å²) in [7, 11) is 0. The zero-order valence-corrected chi connectivity index (χ0v) is 7.20. The smallest absolute Gasteiger partial charge is 0.391 e. The van der Waals surface area contributed by atoms with E-state index in [0.717, 1.165) is 6.07 Å². The third-order valence-electron chi connectivity index (χ3n) is 2.44. The van der Waals surface area contributed by atoms with E-state index in [-0.39, 0.29) is 6.04 Å². The third-order valence-corrected chi connectivity index (χ3v) is 2.44. The number of hydrogen-bond acceptors (Lipinski definition) is 2. The minimum Gasteiger partial charge on any atom is -0.391 e. The first-order valence-corrected chi connectivity index (χ1v) is 4.29. The van der Waals surface area contributed by atoms with E-state index in [2.05, 4.69) is 5.10 Å². The van der Waals surface area contributed by atoms with Gasteiger partial charge in [-0.05, 0) is 18.9 Å². The SMILES string of the molecule is OC1CCC1n1ccc(C(F)(F)F)n1. The van der Waals surface area contributed by atoms with Crippen LogP contribution in [0.25, 0.3) is 0 Å². The Morgan fingerprint density at radius 2 is 2.14 bits per heavy atom. The van der Waals surface area contributed by atoms with E-state index in [9.17, 15) is 18.3 Å². The molecule has 3 nitrogen and oxygen atoms in total. The van der Waals surface area contributed by atoms with E-state index in [0.29, 0.717) is 12.8 Å². The van der Waals surface area contributed by atoms with Gasteiger partial charge in [0.05, 0.1) is 12.1 Å². The number of aliphatic hydroxyl groups excluding tert-OH is 1. The van der Waals surface area contributed by atoms with E-state index in [1.54, 1.807) is 0 Å². The second-order valence-electron chi connectivity index (χ2n) is 3.39. The van der Waals surface area contributed by atoms with Gasteiger partial charge in [0.25, 0.3) is 0 Å². The van der Waals surface area contributed by atoms with Gasteiger partial charge in [-0.3, -0.25) is 4.68 Å². The van der Waals surface area contributed by atoms with Crippen LogP contribution in [0.2, 0.25) is 0 Å². The lowest BCUT2D eigenvalue weighted by molar-refractivity contribution is -0.141. The van der Waals surface area contributed by atoms with Gasteiger partial charge in [0.15, 0.2) is 5.69 Å². The molecule has 0 radical (unpaired) electrons. The molecule has 0 spiro atoms. The maximum Gasteiger partial charge on any atom is 0.435 e. The fourth-order valence-corrected chi connectivity index (χ4v) is 1.45. The van der Waals surface area contributed by atoms with Gasteiger partial charge in [0, 0.05) is 6.20 Å². The first-order valence-electron chi connectivity index (χ1n) is 4.29. The van der Waals surface area contributed by atoms with Crippen molar-refractivity contribution in [3.8, 4) is 0 Å². The fourth-order valence-electron chi connectivity index (χ4n) is 1.45. The quantitative estimate of drug-likeness (QED) is 0.757. The van der Waals surface area contributed by atoms with Gasteiger partial charge in [-0.25, -0.2) is 0 Å². The van der Waals surface area contributed by atoms with Crippen molar-refractivity contribution >= 4 is 0 Å². The average molecular weight is 206 g/mol. The molecule has 6 heteroatoms. The van der Waals surface area contributed by atoms with Gasteiger partial charge in [0.1, 0.15) is 0 Å². The van der Waals surface area contributed by atoms with Crippen molar-refractivity contribution in [2.45, 2.75) is 31.2 Å². The molecule has 2 unspecified atom stereocenters. The molecule has 2 rings (SSSR count). The number of halogens is 3. The molecule has 1 heterocycles. The lowest BCUT2D eigenvalue weighted by Crippen LogP contribution is -2.34. The molecule has 0 saturated heterocycles. The molecule has 78 valence electrons. The zero-order chi connectivity index (χ0) is 10.3. The highest BCUT2D eigenvalue weighted by molar-refractivity contribution is 5.05. The number of aliphatic hydroxyl groups is 1. The highest BCUT2D eigenvalue weighted by Crippen LogP contribution is 2.33. The summed E-state index contributed by atoms with van der Waals surface area (Å²) in [5.41, 5.74) is -0.906. The Balaban J connectivity index is 2.18. The Labute approximate surface area is 78.1 Å². The van der Waals surface area contributed by atoms with Crippen LogP contribution in [0, 0.1) is 0 Å². The molecular formula is C8H9F3N2O. The van der Waals surface area contributed by atoms with Gasteiger partial charge in [-0.1, -0.05) is 0 Å². The van der Waals surface area contributed by atoms with Crippen LogP contribution in [0.5, 0.6) is 0 Å². The highest BCUT2D eigenvalue weighted by Gasteiger charge is 2.36. The summed E-state index contributed by atoms with van der Waals surface area (Å²) in [6.45, 7) is 0. The van der Waals surface area contributed by atoms with E-state index in [1.807, 2.05) is 0 Å². The van der Waals surface area contributed by atoms with E-state index >= 15 is 0 Å². The highest BCUT2D eigenvalue weighted by atomic mass is 19.4. The number of alkyl halides is 3. The molecule has 14 heavy (non-hydrogen) atoms. The van der Waals surface area contributed by atoms with Crippen molar-refractivity contribution in [1.82, 2.24) is 9.78 Å². The summed E-state index contributed by atoms with van der Waals surface area (Å²) in [6, 6.07) is 0.636. The molecule has 0 aromatic carbocycles. The second kappa shape index (κ2) is 2.98. The molecular weight excluding hydrogens is 197 g/mol. The molecule has 0 bridgehead atoms. The van der Waals surface area contributed by atoms with Crippen molar-refractivity contribution in [2.24, 2.45) is 0 Å². The van der Waals surface area contributed by atoms with Gasteiger partial charge in [0.2, 0.25) is 0 Å². The van der Waals surface area contributed by atoms with E-state index in [4.69, 9.17) is 0 Å². The summed E-state index contributed by atoms with van der Waals surface area (Å²) in [5, 5.41) is 12.6. The van der Waals surface area contributed by atoms with Crippen LogP contribution >= 0.6 is 0 Å². The summed E-state index contributed by atoms with van der Waals surface area (Å²) in [5.74, 6) is 0. The molecule has 2 atom stereocenters. The van der Waals surface area contributed by atoms with Crippen LogP contribution in [0.3, 0.4) is 0 Å². The van der Waals surface area contributed by atoms with Gasteiger partial charge in [-0.2, -0.15) is 18.3 Å². The number of rotatable bonds is 1. The first kappa shape index (κ1) is 9.51. The van der Waals surface area contributed by atoms with Crippen LogP contribution in [0.15, 0.2) is 12.3 Å². The number of nitrogens with zero attached hydrogens (tertiary/aromatic N) is 2. The number of aromatic nitrogens is 2. The molecule has 1 N–H and O–H groups in total. The average Bonchev–Trinajstić information content (AvgIpc) is 2.49. The van der Waals surface area contributed by atoms with Crippen LogP contribution in [-0.2, 0) is 6.18 Å². The molecule has 1 aliphatic rings. The molecule has 0 aliphatic heterocycles. The lowest BCUT2D eigenvalue weighted by Gasteiger charge is -2.32. The Morgan fingerprint density at radius 1 is 1.43 bits per heavy atom. The predicted molar refractivity (Wildman–Crippen MR) is 41.5 cm³/mol. The Bertz CT molecular complexity index is 334. The minimum absolute atomic E-state index is 0.286. The Kier molecular flexibility index (Phi) is 2.02. The Hall–Kier alpha value is -1.04. The van der Waals surface area contributed by atoms with E-state index in [1.165, 1.54) is 10.9 Å². The lowest BCUT2D eigenvalue weighted by atomic mass is 9.89. The topological polar surface area (TPSA) is 38.0 Å². The van der Waals surface area contributed by atoms with Gasteiger partial charge >= 0.3 is 6.18 Å². The van der Waals surface area contributed by atoms with Crippen molar-refractivity contribution in [3.05, 3.63) is 18.0 Å². The zero-order valence-electron chi connectivity index (χ0n) is 7.20. The predicted octanol–water partition coefficient (Wildman–Crippen LogP) is 1.60. The summed E-state index contributed by atoms with van der Waals surface area (Å²) in [6.07, 6.45) is -2.39. The van der Waals surface area contributed by atoms with Crippen LogP contribution < -0.4 is 0 Å². The maximum atomic E-state index is 12.1. The van der Waals surface area contributed by atoms with Crippen LogP contribution in [0.4, 0.5) is 13.2 Å². The fraction of sp³-hybridized carbons (Fsp3) is 0.625. The molecule has 0 amide bonds. The molecule has 1 aromatic heterocycles. The maximum absolute atomic E-state index is 12.1. The largest absolute Gasteiger partial charge is 0.435 e. The molecule has 1 saturated carbocycles. The standard InChI is InChI=1S/C8H9F3N2O/c9-8(10,11)7-3-4-13(12-7)5-1-2-6(5)14/h3-6,14H,1-2H2. The van der Waals surface area contributed by atoms with E-state index < -0.39 is 18.0 Å². The van der Waals surface area contributed by atoms with Gasteiger partial charge < -0.3 is 5.11 Å².